The largest absolute Gasteiger partial charge is 0.482 e. The van der Waals surface area contributed by atoms with Crippen molar-refractivity contribution in [3.8, 4) is 5.75 Å². The van der Waals surface area contributed by atoms with Gasteiger partial charge in [-0.1, -0.05) is 34.8 Å². The van der Waals surface area contributed by atoms with Crippen molar-refractivity contribution >= 4 is 53.1 Å². The number of nitrogens with zero attached hydrogens (tertiary/aromatic N) is 1. The van der Waals surface area contributed by atoms with E-state index in [0.717, 1.165) is 38.9 Å². The number of piperidine rings is 1. The molecule has 2 rings (SSSR count). The van der Waals surface area contributed by atoms with Gasteiger partial charge in [0.2, 0.25) is 0 Å². The molecule has 0 aliphatic carbocycles. The molecule has 0 unspecified atom stereocenters. The summed E-state index contributed by atoms with van der Waals surface area (Å²) in [5.74, 6) is 1.04. The molecule has 1 heterocycles. The number of hydrogen-bond donors (Lipinski definition) is 1. The number of carbonyl (C=O) groups excluding carboxylic acids is 1. The molecule has 0 saturated carbocycles. The van der Waals surface area contributed by atoms with Crippen molar-refractivity contribution in [3.05, 3.63) is 27.2 Å². The smallest absolute Gasteiger partial charge is 0.260 e. The molecule has 24 heavy (non-hydrogen) atoms. The SMILES string of the molecule is CNCCC1CCN(C(=O)COc2cc(Cl)c(Cl)cc2Cl)CC1.Cl. The minimum Gasteiger partial charge on any atom is -0.482 e. The normalized spacial score (nSPS) is 15.1. The molecule has 1 aliphatic rings. The van der Waals surface area contributed by atoms with E-state index >= 15 is 0 Å². The zero-order valence-electron chi connectivity index (χ0n) is 13.5. The number of ether oxygens (including phenoxy) is 1. The lowest BCUT2D eigenvalue weighted by molar-refractivity contribution is -0.134. The average molecular weight is 416 g/mol. The summed E-state index contributed by atoms with van der Waals surface area (Å²) >= 11 is 17.8. The van der Waals surface area contributed by atoms with Crippen molar-refractivity contribution in [2.24, 2.45) is 5.92 Å². The Bertz CT molecular complexity index is 549. The molecule has 4 nitrogen and oxygen atoms in total. The summed E-state index contributed by atoms with van der Waals surface area (Å²) in [7, 11) is 1.96. The first-order valence-corrected chi connectivity index (χ1v) is 8.84. The summed E-state index contributed by atoms with van der Waals surface area (Å²) in [5.41, 5.74) is 0. The highest BCUT2D eigenvalue weighted by atomic mass is 35.5. The fraction of sp³-hybridized carbons (Fsp3) is 0.562. The molecule has 1 aromatic rings. The quantitative estimate of drug-likeness (QED) is 0.704. The van der Waals surface area contributed by atoms with Crippen LogP contribution in [0, 0.1) is 5.92 Å². The molecule has 0 spiro atoms. The molecule has 136 valence electrons. The third-order valence-electron chi connectivity index (χ3n) is 4.10. The lowest BCUT2D eigenvalue weighted by Crippen LogP contribution is -2.41. The van der Waals surface area contributed by atoms with E-state index in [9.17, 15) is 4.79 Å². The lowest BCUT2D eigenvalue weighted by atomic mass is 9.93. The van der Waals surface area contributed by atoms with Crippen molar-refractivity contribution < 1.29 is 9.53 Å². The molecule has 0 atom stereocenters. The van der Waals surface area contributed by atoms with E-state index < -0.39 is 0 Å². The maximum Gasteiger partial charge on any atom is 0.260 e. The van der Waals surface area contributed by atoms with Crippen LogP contribution < -0.4 is 10.1 Å². The van der Waals surface area contributed by atoms with Gasteiger partial charge in [-0.15, -0.1) is 12.4 Å². The van der Waals surface area contributed by atoms with Gasteiger partial charge in [-0.25, -0.2) is 0 Å². The monoisotopic (exact) mass is 414 g/mol. The number of benzene rings is 1. The zero-order valence-corrected chi connectivity index (χ0v) is 16.6. The number of likely N-dealkylation sites (tertiary alicyclic amines) is 1. The van der Waals surface area contributed by atoms with Crippen LogP contribution in [0.15, 0.2) is 12.1 Å². The molecule has 1 amide bonds. The summed E-state index contributed by atoms with van der Waals surface area (Å²) in [6, 6.07) is 3.04. The molecule has 1 aromatic carbocycles. The minimum atomic E-state index is -0.0428. The van der Waals surface area contributed by atoms with Gasteiger partial charge in [0.05, 0.1) is 15.1 Å². The second-order valence-electron chi connectivity index (χ2n) is 5.70. The molecular weight excluding hydrogens is 394 g/mol. The van der Waals surface area contributed by atoms with E-state index in [4.69, 9.17) is 39.5 Å². The summed E-state index contributed by atoms with van der Waals surface area (Å²) in [6.45, 7) is 2.55. The second kappa shape index (κ2) is 10.6. The van der Waals surface area contributed by atoms with Crippen LogP contribution in [-0.2, 0) is 4.79 Å². The Kier molecular flexibility index (Phi) is 9.53. The summed E-state index contributed by atoms with van der Waals surface area (Å²) in [4.78, 5) is 14.1. The Balaban J connectivity index is 0.00000288. The van der Waals surface area contributed by atoms with Crippen LogP contribution in [0.1, 0.15) is 19.3 Å². The summed E-state index contributed by atoms with van der Waals surface area (Å²) < 4.78 is 5.50. The predicted octanol–water partition coefficient (Wildman–Crippen LogP) is 4.30. The summed E-state index contributed by atoms with van der Waals surface area (Å²) in [6.07, 6.45) is 3.25. The van der Waals surface area contributed by atoms with Crippen LogP contribution in [0.4, 0.5) is 0 Å². The van der Waals surface area contributed by atoms with Gasteiger partial charge in [0, 0.05) is 19.2 Å². The van der Waals surface area contributed by atoms with E-state index in [1.165, 1.54) is 12.1 Å². The fourth-order valence-electron chi connectivity index (χ4n) is 2.67. The first-order valence-electron chi connectivity index (χ1n) is 7.71. The first kappa shape index (κ1) is 21.7. The highest BCUT2D eigenvalue weighted by Crippen LogP contribution is 2.33. The average Bonchev–Trinajstić information content (AvgIpc) is 2.55. The highest BCUT2D eigenvalue weighted by molar-refractivity contribution is 6.43. The first-order chi connectivity index (χ1) is 11.0. The van der Waals surface area contributed by atoms with E-state index in [2.05, 4.69) is 5.32 Å². The topological polar surface area (TPSA) is 41.6 Å². The van der Waals surface area contributed by atoms with Gasteiger partial charge in [0.1, 0.15) is 5.75 Å². The van der Waals surface area contributed by atoms with Crippen LogP contribution in [0.2, 0.25) is 15.1 Å². The molecule has 1 N–H and O–H groups in total. The van der Waals surface area contributed by atoms with Crippen LogP contribution >= 0.6 is 47.2 Å². The molecule has 0 radical (unpaired) electrons. The third-order valence-corrected chi connectivity index (χ3v) is 5.11. The number of hydrogen-bond acceptors (Lipinski definition) is 3. The number of carbonyl (C=O) groups is 1. The molecule has 1 fully saturated rings. The minimum absolute atomic E-state index is 0. The predicted molar refractivity (Wildman–Crippen MR) is 102 cm³/mol. The Hall–Kier alpha value is -0.390. The van der Waals surface area contributed by atoms with Gasteiger partial charge in [-0.3, -0.25) is 4.79 Å². The fourth-order valence-corrected chi connectivity index (χ4v) is 3.26. The van der Waals surface area contributed by atoms with Gasteiger partial charge in [0.25, 0.3) is 5.91 Å². The summed E-state index contributed by atoms with van der Waals surface area (Å²) in [5, 5.41) is 4.22. The standard InChI is InChI=1S/C16H21Cl3N2O2.ClH/c1-20-5-2-11-3-6-21(7-4-11)16(22)10-23-15-9-13(18)12(17)8-14(15)19;/h8-9,11,20H,2-7,10H2,1H3;1H. The van der Waals surface area contributed by atoms with Gasteiger partial charge < -0.3 is 15.0 Å². The van der Waals surface area contributed by atoms with E-state index in [1.807, 2.05) is 11.9 Å². The Morgan fingerprint density at radius 1 is 1.21 bits per heavy atom. The van der Waals surface area contributed by atoms with Crippen molar-refractivity contribution in [1.29, 1.82) is 0 Å². The van der Waals surface area contributed by atoms with Crippen molar-refractivity contribution in [3.63, 3.8) is 0 Å². The van der Waals surface area contributed by atoms with Crippen LogP contribution in [0.25, 0.3) is 0 Å². The molecule has 8 heteroatoms. The highest BCUT2D eigenvalue weighted by Gasteiger charge is 2.23. The van der Waals surface area contributed by atoms with Crippen molar-refractivity contribution in [1.82, 2.24) is 10.2 Å². The van der Waals surface area contributed by atoms with Crippen LogP contribution in [0.3, 0.4) is 0 Å². The van der Waals surface area contributed by atoms with Crippen LogP contribution in [0.5, 0.6) is 5.75 Å². The van der Waals surface area contributed by atoms with Crippen molar-refractivity contribution in [2.45, 2.75) is 19.3 Å². The van der Waals surface area contributed by atoms with E-state index in [1.54, 1.807) is 0 Å². The molecule has 1 saturated heterocycles. The Labute approximate surface area is 164 Å². The van der Waals surface area contributed by atoms with Gasteiger partial charge >= 0.3 is 0 Å². The molecule has 0 aromatic heterocycles. The van der Waals surface area contributed by atoms with Crippen molar-refractivity contribution in [2.75, 3.05) is 33.3 Å². The number of halogens is 4. The third kappa shape index (κ3) is 6.16. The van der Waals surface area contributed by atoms with E-state index in [0.29, 0.717) is 26.7 Å². The van der Waals surface area contributed by atoms with Gasteiger partial charge in [-0.05, 0) is 44.8 Å². The maximum absolute atomic E-state index is 12.2. The lowest BCUT2D eigenvalue weighted by Gasteiger charge is -2.32. The maximum atomic E-state index is 12.2. The Morgan fingerprint density at radius 2 is 1.83 bits per heavy atom. The number of rotatable bonds is 6. The molecule has 1 aliphatic heterocycles. The number of nitrogens with one attached hydrogen (secondary N) is 1. The van der Waals surface area contributed by atoms with E-state index in [-0.39, 0.29) is 24.9 Å². The van der Waals surface area contributed by atoms with Crippen LogP contribution in [-0.4, -0.2) is 44.1 Å². The zero-order chi connectivity index (χ0) is 16.8. The Morgan fingerprint density at radius 3 is 2.46 bits per heavy atom. The van der Waals surface area contributed by atoms with Gasteiger partial charge in [-0.2, -0.15) is 0 Å². The van der Waals surface area contributed by atoms with Gasteiger partial charge in [0.15, 0.2) is 6.61 Å². The number of amides is 1. The second-order valence-corrected chi connectivity index (χ2v) is 6.92. The molecule has 0 bridgehead atoms. The molecular formula is C16H22Cl4N2O2.